The zero-order valence-corrected chi connectivity index (χ0v) is 10.3. The first-order chi connectivity index (χ1) is 8.02. The van der Waals surface area contributed by atoms with Gasteiger partial charge in [0.1, 0.15) is 5.75 Å². The molecule has 0 aromatic heterocycles. The number of likely N-dealkylation sites (N-methyl/N-ethyl adjacent to an activating group) is 1. The first-order valence-electron chi connectivity index (χ1n) is 5.82. The summed E-state index contributed by atoms with van der Waals surface area (Å²) in [6.45, 7) is 8.40. The molecule has 0 bridgehead atoms. The Morgan fingerprint density at radius 2 is 2.24 bits per heavy atom. The summed E-state index contributed by atoms with van der Waals surface area (Å²) in [5.41, 5.74) is 3.68. The lowest BCUT2D eigenvalue weighted by Gasteiger charge is -2.16. The van der Waals surface area contributed by atoms with Gasteiger partial charge in [0, 0.05) is 12.2 Å². The number of benzene rings is 1. The van der Waals surface area contributed by atoms with Gasteiger partial charge < -0.3 is 10.0 Å². The van der Waals surface area contributed by atoms with E-state index in [0.717, 1.165) is 22.4 Å². The number of aromatic hydroxyl groups is 1. The van der Waals surface area contributed by atoms with Gasteiger partial charge in [-0.1, -0.05) is 12.2 Å². The number of phenols is 1. The molecule has 1 heterocycles. The second-order valence-electron chi connectivity index (χ2n) is 4.56. The van der Waals surface area contributed by atoms with E-state index in [4.69, 9.17) is 0 Å². The van der Waals surface area contributed by atoms with Crippen molar-refractivity contribution in [3.63, 3.8) is 0 Å². The molecule has 0 saturated heterocycles. The van der Waals surface area contributed by atoms with Gasteiger partial charge in [-0.25, -0.2) is 0 Å². The smallest absolute Gasteiger partial charge is 0.231 e. The number of nitrogens with zero attached hydrogens (tertiary/aromatic N) is 1. The molecule has 1 aliphatic heterocycles. The number of rotatable bonds is 3. The molecule has 1 aromatic rings. The minimum absolute atomic E-state index is 0.106. The van der Waals surface area contributed by atoms with Crippen LogP contribution in [0.25, 0.3) is 0 Å². The van der Waals surface area contributed by atoms with Gasteiger partial charge in [0.05, 0.1) is 6.42 Å². The monoisotopic (exact) mass is 231 g/mol. The maximum atomic E-state index is 11.7. The standard InChI is InChI=1S/C14H17NO2/c1-4-15-12-6-11(5-9(2)3)13(16)7-10(12)8-14(15)17/h6-7,16H,2,4-5,8H2,1,3H3. The molecular formula is C14H17NO2. The van der Waals surface area contributed by atoms with Gasteiger partial charge in [0.15, 0.2) is 0 Å². The van der Waals surface area contributed by atoms with Crippen LogP contribution in [0.15, 0.2) is 24.3 Å². The molecule has 3 nitrogen and oxygen atoms in total. The summed E-state index contributed by atoms with van der Waals surface area (Å²) >= 11 is 0. The predicted molar refractivity (Wildman–Crippen MR) is 68.4 cm³/mol. The summed E-state index contributed by atoms with van der Waals surface area (Å²) in [4.78, 5) is 13.5. The molecule has 17 heavy (non-hydrogen) atoms. The molecule has 0 saturated carbocycles. The van der Waals surface area contributed by atoms with Crippen LogP contribution in [0.4, 0.5) is 5.69 Å². The topological polar surface area (TPSA) is 40.5 Å². The Morgan fingerprint density at radius 1 is 1.53 bits per heavy atom. The van der Waals surface area contributed by atoms with Crippen molar-refractivity contribution in [2.75, 3.05) is 11.4 Å². The molecule has 0 aliphatic carbocycles. The average molecular weight is 231 g/mol. The second-order valence-corrected chi connectivity index (χ2v) is 4.56. The number of anilines is 1. The molecule has 0 radical (unpaired) electrons. The molecule has 0 fully saturated rings. The Kier molecular flexibility index (Phi) is 2.92. The maximum absolute atomic E-state index is 11.7. The zero-order valence-electron chi connectivity index (χ0n) is 10.3. The summed E-state index contributed by atoms with van der Waals surface area (Å²) < 4.78 is 0. The van der Waals surface area contributed by atoms with Crippen LogP contribution in [0.3, 0.4) is 0 Å². The summed E-state index contributed by atoms with van der Waals surface area (Å²) in [7, 11) is 0. The quantitative estimate of drug-likeness (QED) is 0.812. The Balaban J connectivity index is 2.45. The third-order valence-corrected chi connectivity index (χ3v) is 3.02. The van der Waals surface area contributed by atoms with Crippen LogP contribution >= 0.6 is 0 Å². The zero-order chi connectivity index (χ0) is 12.6. The highest BCUT2D eigenvalue weighted by Crippen LogP contribution is 2.35. The van der Waals surface area contributed by atoms with E-state index >= 15 is 0 Å². The van der Waals surface area contributed by atoms with Crippen LogP contribution in [0.1, 0.15) is 25.0 Å². The van der Waals surface area contributed by atoms with Gasteiger partial charge in [0.25, 0.3) is 0 Å². The van der Waals surface area contributed by atoms with Crippen molar-refractivity contribution >= 4 is 11.6 Å². The molecule has 90 valence electrons. The highest BCUT2D eigenvalue weighted by Gasteiger charge is 2.27. The van der Waals surface area contributed by atoms with E-state index in [2.05, 4.69) is 6.58 Å². The Bertz CT molecular complexity index is 491. The molecule has 0 unspecified atom stereocenters. The van der Waals surface area contributed by atoms with Gasteiger partial charge >= 0.3 is 0 Å². The number of amides is 1. The fourth-order valence-corrected chi connectivity index (χ4v) is 2.26. The number of carbonyl (C=O) groups is 1. The summed E-state index contributed by atoms with van der Waals surface area (Å²) in [5, 5.41) is 9.90. The van der Waals surface area contributed by atoms with Gasteiger partial charge in [-0.3, -0.25) is 4.79 Å². The van der Waals surface area contributed by atoms with Gasteiger partial charge in [-0.15, -0.1) is 0 Å². The molecule has 1 aromatic carbocycles. The van der Waals surface area contributed by atoms with Crippen LogP contribution in [0, 0.1) is 0 Å². The van der Waals surface area contributed by atoms with Crippen molar-refractivity contribution < 1.29 is 9.90 Å². The lowest BCUT2D eigenvalue weighted by molar-refractivity contribution is -0.117. The van der Waals surface area contributed by atoms with E-state index in [9.17, 15) is 9.90 Å². The molecule has 1 N–H and O–H groups in total. The van der Waals surface area contributed by atoms with Crippen LogP contribution in [-0.2, 0) is 17.6 Å². The van der Waals surface area contributed by atoms with Crippen molar-refractivity contribution in [3.8, 4) is 5.75 Å². The molecule has 1 amide bonds. The lowest BCUT2D eigenvalue weighted by Crippen LogP contribution is -2.25. The van der Waals surface area contributed by atoms with Gasteiger partial charge in [-0.2, -0.15) is 0 Å². The fourth-order valence-electron chi connectivity index (χ4n) is 2.26. The highest BCUT2D eigenvalue weighted by atomic mass is 16.3. The minimum atomic E-state index is 0.106. The van der Waals surface area contributed by atoms with Crippen molar-refractivity contribution in [1.82, 2.24) is 0 Å². The predicted octanol–water partition coefficient (Wildman–Crippen LogP) is 2.42. The number of fused-ring (bicyclic) bond motifs is 1. The number of phenolic OH excluding ortho intramolecular Hbond substituents is 1. The number of hydrogen-bond acceptors (Lipinski definition) is 2. The van der Waals surface area contributed by atoms with Gasteiger partial charge in [0.2, 0.25) is 5.91 Å². The first kappa shape index (κ1) is 11.7. The molecule has 0 spiro atoms. The summed E-state index contributed by atoms with van der Waals surface area (Å²) in [6.07, 6.45) is 1.04. The van der Waals surface area contributed by atoms with E-state index in [1.54, 1.807) is 11.0 Å². The van der Waals surface area contributed by atoms with Crippen LogP contribution in [0.5, 0.6) is 5.75 Å². The molecule has 0 atom stereocenters. The highest BCUT2D eigenvalue weighted by molar-refractivity contribution is 6.01. The first-order valence-corrected chi connectivity index (χ1v) is 5.82. The Morgan fingerprint density at radius 3 is 2.82 bits per heavy atom. The third-order valence-electron chi connectivity index (χ3n) is 3.02. The molecule has 3 heteroatoms. The van der Waals surface area contributed by atoms with Crippen molar-refractivity contribution in [3.05, 3.63) is 35.4 Å². The Hall–Kier alpha value is -1.77. The molecule has 2 rings (SSSR count). The second kappa shape index (κ2) is 4.24. The number of hydrogen-bond donors (Lipinski definition) is 1. The van der Waals surface area contributed by atoms with Crippen LogP contribution < -0.4 is 4.90 Å². The molecular weight excluding hydrogens is 214 g/mol. The number of carbonyl (C=O) groups excluding carboxylic acids is 1. The summed E-state index contributed by atoms with van der Waals surface area (Å²) in [5.74, 6) is 0.367. The minimum Gasteiger partial charge on any atom is -0.508 e. The average Bonchev–Trinajstić information content (AvgIpc) is 2.53. The van der Waals surface area contributed by atoms with E-state index in [-0.39, 0.29) is 11.7 Å². The van der Waals surface area contributed by atoms with Gasteiger partial charge in [-0.05, 0) is 43.5 Å². The van der Waals surface area contributed by atoms with Crippen molar-refractivity contribution in [1.29, 1.82) is 0 Å². The largest absolute Gasteiger partial charge is 0.508 e. The SMILES string of the molecule is C=C(C)Cc1cc2c(cc1O)CC(=O)N2CC. The normalized spacial score (nSPS) is 14.0. The summed E-state index contributed by atoms with van der Waals surface area (Å²) in [6, 6.07) is 3.62. The number of allylic oxidation sites excluding steroid dienone is 1. The van der Waals surface area contributed by atoms with Crippen molar-refractivity contribution in [2.24, 2.45) is 0 Å². The Labute approximate surface area is 101 Å². The van der Waals surface area contributed by atoms with E-state index in [1.165, 1.54) is 0 Å². The van der Waals surface area contributed by atoms with Crippen LogP contribution in [-0.4, -0.2) is 17.6 Å². The van der Waals surface area contributed by atoms with Crippen molar-refractivity contribution in [2.45, 2.75) is 26.7 Å². The fraction of sp³-hybridized carbons (Fsp3) is 0.357. The third kappa shape index (κ3) is 2.05. The van der Waals surface area contributed by atoms with E-state index < -0.39 is 0 Å². The lowest BCUT2D eigenvalue weighted by atomic mass is 10.0. The van der Waals surface area contributed by atoms with E-state index in [0.29, 0.717) is 19.4 Å². The molecule has 1 aliphatic rings. The maximum Gasteiger partial charge on any atom is 0.231 e. The van der Waals surface area contributed by atoms with Crippen LogP contribution in [0.2, 0.25) is 0 Å². The van der Waals surface area contributed by atoms with E-state index in [1.807, 2.05) is 19.9 Å².